The first-order valence-electron chi connectivity index (χ1n) is 4.70. The van der Waals surface area contributed by atoms with Crippen molar-refractivity contribution in [1.82, 2.24) is 4.68 Å². The number of carboxylic acids is 1. The third kappa shape index (κ3) is 2.74. The Hall–Kier alpha value is -1.73. The first-order valence-corrected chi connectivity index (χ1v) is 6.59. The topological polar surface area (TPSA) is 88.4 Å². The summed E-state index contributed by atoms with van der Waals surface area (Å²) in [7, 11) is -3.54. The van der Waals surface area contributed by atoms with Gasteiger partial charge in [-0.1, -0.05) is 18.2 Å². The van der Waals surface area contributed by atoms with Crippen LogP contribution in [0.25, 0.3) is 10.9 Å². The lowest BCUT2D eigenvalue weighted by Gasteiger charge is -2.08. The van der Waals surface area contributed by atoms with E-state index < -0.39 is 16.0 Å². The quantitative estimate of drug-likeness (QED) is 0.891. The van der Waals surface area contributed by atoms with Crippen molar-refractivity contribution in [1.29, 1.82) is 0 Å². The molecule has 0 aliphatic rings. The molecule has 0 bridgehead atoms. The molecule has 0 spiro atoms. The second-order valence-electron chi connectivity index (χ2n) is 3.59. The lowest BCUT2D eigenvalue weighted by atomic mass is 10.2. The van der Waals surface area contributed by atoms with E-state index in [1.165, 1.54) is 6.07 Å². The van der Waals surface area contributed by atoms with Crippen molar-refractivity contribution < 1.29 is 18.3 Å². The number of carboxylic acid groups (broad SMARTS) is 1. The summed E-state index contributed by atoms with van der Waals surface area (Å²) in [5, 5.41) is 9.66. The van der Waals surface area contributed by atoms with Crippen LogP contribution in [0.2, 0.25) is 0 Å². The first-order chi connectivity index (χ1) is 7.88. The highest BCUT2D eigenvalue weighted by Crippen LogP contribution is 2.18. The molecule has 2 N–H and O–H groups in total. The number of nitrogens with one attached hydrogen (secondary N) is 1. The molecule has 1 aromatic heterocycles. The molecule has 0 saturated heterocycles. The van der Waals surface area contributed by atoms with Crippen LogP contribution in [0.4, 0.5) is 0 Å². The van der Waals surface area contributed by atoms with Crippen molar-refractivity contribution in [2.24, 2.45) is 0 Å². The highest BCUT2D eigenvalue weighted by Gasteiger charge is 2.16. The van der Waals surface area contributed by atoms with Gasteiger partial charge in [0.05, 0.1) is 11.8 Å². The fourth-order valence-corrected chi connectivity index (χ4v) is 2.10. The molecule has 0 radical (unpaired) electrons. The molecule has 0 unspecified atom stereocenters. The number of aromatic nitrogens is 1. The minimum Gasteiger partial charge on any atom is -0.477 e. The Labute approximate surface area is 110 Å². The monoisotopic (exact) mass is 290 g/mol. The molecule has 6 nitrogen and oxygen atoms in total. The molecule has 0 fully saturated rings. The fourth-order valence-electron chi connectivity index (χ4n) is 1.58. The summed E-state index contributed by atoms with van der Waals surface area (Å²) >= 11 is 0. The van der Waals surface area contributed by atoms with Gasteiger partial charge in [0.15, 0.2) is 0 Å². The minimum absolute atomic E-state index is 0. The summed E-state index contributed by atoms with van der Waals surface area (Å²) in [6.07, 6.45) is 0.966. The van der Waals surface area contributed by atoms with E-state index in [9.17, 15) is 13.2 Å². The van der Waals surface area contributed by atoms with Gasteiger partial charge in [0, 0.05) is 5.39 Å². The van der Waals surface area contributed by atoms with Crippen molar-refractivity contribution >= 4 is 39.3 Å². The van der Waals surface area contributed by atoms with E-state index in [-0.39, 0.29) is 18.1 Å². The highest BCUT2D eigenvalue weighted by molar-refractivity contribution is 7.91. The van der Waals surface area contributed by atoms with Crippen LogP contribution in [0.5, 0.6) is 0 Å². The smallest absolute Gasteiger partial charge is 0.354 e. The van der Waals surface area contributed by atoms with Crippen LogP contribution in [0.3, 0.4) is 0 Å². The van der Waals surface area contributed by atoms with Gasteiger partial charge in [0.25, 0.3) is 0 Å². The van der Waals surface area contributed by atoms with Gasteiger partial charge < -0.3 is 5.11 Å². The molecule has 1 aromatic carbocycles. The number of aromatic carboxylic acids is 1. The summed E-state index contributed by atoms with van der Waals surface area (Å²) in [6, 6.07) is 8.21. The van der Waals surface area contributed by atoms with Crippen LogP contribution in [0.1, 0.15) is 10.5 Å². The number of sulfonamides is 1. The summed E-state index contributed by atoms with van der Waals surface area (Å²) in [5.74, 6) is -1.20. The zero-order valence-electron chi connectivity index (χ0n) is 9.32. The summed E-state index contributed by atoms with van der Waals surface area (Å²) in [6.45, 7) is 0. The van der Waals surface area contributed by atoms with Crippen molar-refractivity contribution in [2.75, 3.05) is 11.1 Å². The van der Waals surface area contributed by atoms with E-state index >= 15 is 0 Å². The fraction of sp³-hybridized carbons (Fsp3) is 0.100. The van der Waals surface area contributed by atoms with Crippen LogP contribution in [-0.2, 0) is 10.0 Å². The lowest BCUT2D eigenvalue weighted by molar-refractivity contribution is 0.0688. The molecule has 0 saturated carbocycles. The van der Waals surface area contributed by atoms with E-state index in [1.54, 1.807) is 24.3 Å². The summed E-state index contributed by atoms with van der Waals surface area (Å²) in [5.41, 5.74) is 0.368. The Kier molecular flexibility index (Phi) is 3.88. The Morgan fingerprint density at radius 1 is 1.33 bits per heavy atom. The Balaban J connectivity index is 0.00000162. The maximum absolute atomic E-state index is 11.2. The van der Waals surface area contributed by atoms with E-state index in [1.807, 2.05) is 0 Å². The van der Waals surface area contributed by atoms with E-state index in [0.717, 1.165) is 10.9 Å². The molecule has 0 amide bonds. The number of carbonyl (C=O) groups is 1. The number of fused-ring (bicyclic) bond motifs is 1. The molecular formula is C10H11ClN2O4S. The van der Waals surface area contributed by atoms with E-state index in [2.05, 4.69) is 4.83 Å². The van der Waals surface area contributed by atoms with Crippen molar-refractivity contribution in [3.8, 4) is 0 Å². The molecule has 0 aliphatic heterocycles. The van der Waals surface area contributed by atoms with Crippen LogP contribution in [0.15, 0.2) is 30.3 Å². The largest absolute Gasteiger partial charge is 0.477 e. The molecule has 0 aliphatic carbocycles. The average Bonchev–Trinajstić information content (AvgIpc) is 2.55. The number of nitrogens with zero attached hydrogens (tertiary/aromatic N) is 1. The Bertz CT molecular complexity index is 693. The number of para-hydroxylation sites is 1. The standard InChI is InChI=1S/C10H10N2O4S.ClH/c1-17(15,16)11-12-8-5-3-2-4-7(8)6-9(12)10(13)14;/h2-6,11H,1H3,(H,13,14);1H. The molecule has 98 valence electrons. The molecule has 1 heterocycles. The summed E-state index contributed by atoms with van der Waals surface area (Å²) < 4.78 is 23.4. The third-order valence-electron chi connectivity index (χ3n) is 2.19. The van der Waals surface area contributed by atoms with Gasteiger partial charge in [-0.05, 0) is 12.1 Å². The van der Waals surface area contributed by atoms with Crippen LogP contribution < -0.4 is 4.83 Å². The second-order valence-corrected chi connectivity index (χ2v) is 5.32. The van der Waals surface area contributed by atoms with Gasteiger partial charge >= 0.3 is 5.97 Å². The molecule has 18 heavy (non-hydrogen) atoms. The number of hydrogen-bond acceptors (Lipinski definition) is 3. The number of halogens is 1. The van der Waals surface area contributed by atoms with Gasteiger partial charge in [-0.25, -0.2) is 22.7 Å². The van der Waals surface area contributed by atoms with Crippen LogP contribution in [-0.4, -0.2) is 30.4 Å². The minimum atomic E-state index is -3.54. The maximum Gasteiger partial charge on any atom is 0.354 e. The van der Waals surface area contributed by atoms with Crippen molar-refractivity contribution in [3.63, 3.8) is 0 Å². The average molecular weight is 291 g/mol. The van der Waals surface area contributed by atoms with Gasteiger partial charge in [-0.2, -0.15) is 0 Å². The van der Waals surface area contributed by atoms with Gasteiger partial charge in [0.1, 0.15) is 5.69 Å². The van der Waals surface area contributed by atoms with Crippen molar-refractivity contribution in [3.05, 3.63) is 36.0 Å². The molecule has 8 heteroatoms. The van der Waals surface area contributed by atoms with Crippen molar-refractivity contribution in [2.45, 2.75) is 0 Å². The first kappa shape index (κ1) is 14.3. The predicted octanol–water partition coefficient (Wildman–Crippen LogP) is 1.26. The molecule has 2 rings (SSSR count). The zero-order chi connectivity index (χ0) is 12.6. The predicted molar refractivity (Wildman–Crippen MR) is 70.3 cm³/mol. The zero-order valence-corrected chi connectivity index (χ0v) is 11.0. The normalized spacial score (nSPS) is 10.9. The van der Waals surface area contributed by atoms with E-state index in [4.69, 9.17) is 5.11 Å². The Morgan fingerprint density at radius 2 is 1.94 bits per heavy atom. The van der Waals surface area contributed by atoms with Gasteiger partial charge in [0.2, 0.25) is 10.0 Å². The summed E-state index contributed by atoms with van der Waals surface area (Å²) in [4.78, 5) is 13.2. The SMILES string of the molecule is CS(=O)(=O)Nn1c(C(=O)O)cc2ccccc21.Cl. The van der Waals surface area contributed by atoms with E-state index in [0.29, 0.717) is 10.9 Å². The lowest BCUT2D eigenvalue weighted by Crippen LogP contribution is -2.24. The Morgan fingerprint density at radius 3 is 2.50 bits per heavy atom. The van der Waals surface area contributed by atoms with Gasteiger partial charge in [-0.3, -0.25) is 0 Å². The highest BCUT2D eigenvalue weighted by atomic mass is 35.5. The molecular weight excluding hydrogens is 280 g/mol. The van der Waals surface area contributed by atoms with Crippen LogP contribution >= 0.6 is 12.4 Å². The third-order valence-corrected chi connectivity index (χ3v) is 2.70. The maximum atomic E-state index is 11.2. The van der Waals surface area contributed by atoms with Crippen LogP contribution in [0, 0.1) is 0 Å². The molecule has 2 aromatic rings. The number of rotatable bonds is 3. The van der Waals surface area contributed by atoms with Gasteiger partial charge in [-0.15, -0.1) is 12.4 Å². The number of hydrogen-bond donors (Lipinski definition) is 2. The second kappa shape index (κ2) is 4.87. The number of benzene rings is 1. The molecule has 0 atom stereocenters.